The highest BCUT2D eigenvalue weighted by atomic mass is 16.3. The molecule has 1 aromatic carbocycles. The van der Waals surface area contributed by atoms with E-state index in [4.69, 9.17) is 4.42 Å². The number of aromatic nitrogens is 1. The Morgan fingerprint density at radius 3 is 2.85 bits per heavy atom. The lowest BCUT2D eigenvalue weighted by molar-refractivity contribution is 0.0949. The fraction of sp³-hybridized carbons (Fsp3) is 0.375. The van der Waals surface area contributed by atoms with Crippen molar-refractivity contribution in [2.75, 3.05) is 4.90 Å². The van der Waals surface area contributed by atoms with Gasteiger partial charge in [-0.05, 0) is 37.8 Å². The van der Waals surface area contributed by atoms with Gasteiger partial charge in [0.15, 0.2) is 12.1 Å². The maximum absolute atomic E-state index is 12.7. The molecule has 0 N–H and O–H groups in total. The Balaban J connectivity index is 2.12. The van der Waals surface area contributed by atoms with Crippen LogP contribution < -0.4 is 4.90 Å². The van der Waals surface area contributed by atoms with Gasteiger partial charge in [-0.25, -0.2) is 4.98 Å². The van der Waals surface area contributed by atoms with E-state index in [9.17, 15) is 4.79 Å². The molecular weight excluding hydrogens is 252 g/mol. The zero-order valence-corrected chi connectivity index (χ0v) is 12.0. The second kappa shape index (κ2) is 4.47. The first kappa shape index (κ1) is 12.9. The summed E-state index contributed by atoms with van der Waals surface area (Å²) in [6.45, 7) is 6.40. The van der Waals surface area contributed by atoms with Crippen molar-refractivity contribution in [3.63, 3.8) is 0 Å². The number of hydrogen-bond acceptors (Lipinski definition) is 3. The minimum Gasteiger partial charge on any atom is -0.451 e. The van der Waals surface area contributed by atoms with Gasteiger partial charge in [-0.2, -0.15) is 0 Å². The van der Waals surface area contributed by atoms with Crippen LogP contribution in [-0.4, -0.2) is 16.4 Å². The molecule has 104 valence electrons. The molecule has 1 amide bonds. The van der Waals surface area contributed by atoms with E-state index in [-0.39, 0.29) is 11.4 Å². The van der Waals surface area contributed by atoms with Gasteiger partial charge in [0.1, 0.15) is 6.26 Å². The second-order valence-electron chi connectivity index (χ2n) is 5.99. The van der Waals surface area contributed by atoms with Crippen molar-refractivity contribution < 1.29 is 9.21 Å². The summed E-state index contributed by atoms with van der Waals surface area (Å²) in [5.74, 6) is 0.325. The summed E-state index contributed by atoms with van der Waals surface area (Å²) in [7, 11) is 0. The van der Waals surface area contributed by atoms with Crippen LogP contribution in [0.1, 0.15) is 49.2 Å². The fourth-order valence-corrected chi connectivity index (χ4v) is 3.20. The number of hydrogen-bond donors (Lipinski definition) is 0. The first-order valence-corrected chi connectivity index (χ1v) is 6.82. The topological polar surface area (TPSA) is 46.3 Å². The van der Waals surface area contributed by atoms with Gasteiger partial charge in [-0.15, -0.1) is 0 Å². The van der Waals surface area contributed by atoms with E-state index in [0.717, 1.165) is 12.1 Å². The number of anilines is 1. The number of fused-ring (bicyclic) bond motifs is 1. The summed E-state index contributed by atoms with van der Waals surface area (Å²) in [5, 5.41) is 0. The van der Waals surface area contributed by atoms with E-state index in [1.54, 1.807) is 0 Å². The van der Waals surface area contributed by atoms with Crippen LogP contribution in [-0.2, 0) is 0 Å². The van der Waals surface area contributed by atoms with Gasteiger partial charge in [-0.3, -0.25) is 4.79 Å². The number of oxazole rings is 1. The van der Waals surface area contributed by atoms with Gasteiger partial charge in [0.25, 0.3) is 5.91 Å². The molecule has 20 heavy (non-hydrogen) atoms. The summed E-state index contributed by atoms with van der Waals surface area (Å²) in [6.07, 6.45) is 3.62. The van der Waals surface area contributed by atoms with Gasteiger partial charge >= 0.3 is 0 Å². The predicted octanol–water partition coefficient (Wildman–Crippen LogP) is 3.61. The Bertz CT molecular complexity index is 632. The average Bonchev–Trinajstić information content (AvgIpc) is 2.91. The van der Waals surface area contributed by atoms with Gasteiger partial charge < -0.3 is 9.32 Å². The van der Waals surface area contributed by atoms with Gasteiger partial charge in [0, 0.05) is 11.2 Å². The molecule has 1 aliphatic rings. The number of rotatable bonds is 1. The maximum atomic E-state index is 12.7. The molecule has 0 saturated carbocycles. The molecule has 4 nitrogen and oxygen atoms in total. The molecule has 3 rings (SSSR count). The molecule has 1 aliphatic heterocycles. The Kier molecular flexibility index (Phi) is 2.89. The monoisotopic (exact) mass is 270 g/mol. The molecule has 2 aromatic rings. The third kappa shape index (κ3) is 1.92. The van der Waals surface area contributed by atoms with Gasteiger partial charge in [-0.1, -0.05) is 25.1 Å². The first-order valence-electron chi connectivity index (χ1n) is 6.82. The molecule has 2 heterocycles. The van der Waals surface area contributed by atoms with Crippen LogP contribution in [0.15, 0.2) is 41.3 Å². The molecule has 1 atom stereocenters. The third-order valence-electron chi connectivity index (χ3n) is 3.97. The molecular formula is C16H18N2O2. The number of benzene rings is 1. The molecule has 1 aromatic heterocycles. The predicted molar refractivity (Wildman–Crippen MR) is 76.9 cm³/mol. The molecule has 0 spiro atoms. The van der Waals surface area contributed by atoms with Crippen molar-refractivity contribution in [1.82, 2.24) is 4.98 Å². The summed E-state index contributed by atoms with van der Waals surface area (Å²) < 4.78 is 4.95. The third-order valence-corrected chi connectivity index (χ3v) is 3.97. The Morgan fingerprint density at radius 2 is 2.15 bits per heavy atom. The highest BCUT2D eigenvalue weighted by molar-refractivity contribution is 6.06. The van der Waals surface area contributed by atoms with Crippen molar-refractivity contribution in [2.45, 2.75) is 38.6 Å². The summed E-state index contributed by atoms with van der Waals surface area (Å²) >= 11 is 0. The summed E-state index contributed by atoms with van der Waals surface area (Å²) in [5.41, 5.74) is 2.29. The zero-order valence-electron chi connectivity index (χ0n) is 12.0. The number of nitrogens with zero attached hydrogens (tertiary/aromatic N) is 2. The lowest BCUT2D eigenvalue weighted by Gasteiger charge is -2.45. The zero-order chi connectivity index (χ0) is 14.3. The second-order valence-corrected chi connectivity index (χ2v) is 5.99. The lowest BCUT2D eigenvalue weighted by Crippen LogP contribution is -2.51. The van der Waals surface area contributed by atoms with E-state index in [0.29, 0.717) is 11.6 Å². The Morgan fingerprint density at radius 1 is 1.40 bits per heavy atom. The van der Waals surface area contributed by atoms with Crippen molar-refractivity contribution in [1.29, 1.82) is 0 Å². The van der Waals surface area contributed by atoms with E-state index < -0.39 is 0 Å². The van der Waals surface area contributed by atoms with Crippen LogP contribution >= 0.6 is 0 Å². The number of para-hydroxylation sites is 1. The Hall–Kier alpha value is -2.10. The van der Waals surface area contributed by atoms with Crippen LogP contribution in [0.3, 0.4) is 0 Å². The molecule has 0 bridgehead atoms. The number of carbonyl (C=O) groups is 1. The maximum Gasteiger partial charge on any atom is 0.280 e. The standard InChI is InChI=1S/C16H18N2O2/c1-11-8-16(2,3)18(14-7-5-4-6-12(11)14)15(19)13-9-20-10-17-13/h4-7,9-11H,8H2,1-3H3/t11-/m0/s1. The molecule has 0 fully saturated rings. The van der Waals surface area contributed by atoms with Gasteiger partial charge in [0.05, 0.1) is 0 Å². The van der Waals surface area contributed by atoms with Crippen molar-refractivity contribution in [3.05, 3.63) is 48.2 Å². The van der Waals surface area contributed by atoms with Crippen molar-refractivity contribution in [3.8, 4) is 0 Å². The van der Waals surface area contributed by atoms with Crippen LogP contribution in [0.25, 0.3) is 0 Å². The summed E-state index contributed by atoms with van der Waals surface area (Å²) in [6, 6.07) is 8.09. The van der Waals surface area contributed by atoms with E-state index in [1.807, 2.05) is 23.1 Å². The number of carbonyl (C=O) groups excluding carboxylic acids is 1. The smallest absolute Gasteiger partial charge is 0.280 e. The fourth-order valence-electron chi connectivity index (χ4n) is 3.20. The Labute approximate surface area is 118 Å². The van der Waals surface area contributed by atoms with Gasteiger partial charge in [0.2, 0.25) is 0 Å². The average molecular weight is 270 g/mol. The molecule has 0 saturated heterocycles. The molecule has 4 heteroatoms. The number of amides is 1. The van der Waals surface area contributed by atoms with E-state index in [2.05, 4.69) is 31.8 Å². The minimum absolute atomic E-state index is 0.108. The van der Waals surface area contributed by atoms with Crippen LogP contribution in [0, 0.1) is 0 Å². The van der Waals surface area contributed by atoms with Crippen molar-refractivity contribution in [2.24, 2.45) is 0 Å². The van der Waals surface area contributed by atoms with Crippen molar-refractivity contribution >= 4 is 11.6 Å². The summed E-state index contributed by atoms with van der Waals surface area (Å²) in [4.78, 5) is 18.6. The van der Waals surface area contributed by atoms with Crippen LogP contribution in [0.2, 0.25) is 0 Å². The highest BCUT2D eigenvalue weighted by Gasteiger charge is 2.40. The molecule has 0 aliphatic carbocycles. The quantitative estimate of drug-likeness (QED) is 0.795. The highest BCUT2D eigenvalue weighted by Crippen LogP contribution is 2.43. The van der Waals surface area contributed by atoms with E-state index >= 15 is 0 Å². The van der Waals surface area contributed by atoms with Crippen LogP contribution in [0.4, 0.5) is 5.69 Å². The normalized spacial score (nSPS) is 20.6. The lowest BCUT2D eigenvalue weighted by atomic mass is 9.80. The molecule has 0 radical (unpaired) electrons. The van der Waals surface area contributed by atoms with Crippen LogP contribution in [0.5, 0.6) is 0 Å². The van der Waals surface area contributed by atoms with E-state index in [1.165, 1.54) is 18.2 Å². The SMILES string of the molecule is C[C@H]1CC(C)(C)N(C(=O)c2cocn2)c2ccccc21. The largest absolute Gasteiger partial charge is 0.451 e. The first-order chi connectivity index (χ1) is 9.50. The molecule has 0 unspecified atom stereocenters. The minimum atomic E-state index is -0.246.